The first-order valence-corrected chi connectivity index (χ1v) is 7.09. The average Bonchev–Trinajstić information content (AvgIpc) is 2.83. The van der Waals surface area contributed by atoms with E-state index in [1.165, 1.54) is 23.3 Å². The number of nitrogens with zero attached hydrogens (tertiary/aromatic N) is 2. The predicted molar refractivity (Wildman–Crippen MR) is 79.1 cm³/mol. The van der Waals surface area contributed by atoms with Crippen molar-refractivity contribution in [2.45, 2.75) is 32.2 Å². The molecule has 4 heteroatoms. The zero-order valence-electron chi connectivity index (χ0n) is 12.1. The van der Waals surface area contributed by atoms with E-state index in [1.54, 1.807) is 0 Å². The fourth-order valence-electron chi connectivity index (χ4n) is 2.29. The van der Waals surface area contributed by atoms with Crippen LogP contribution in [0.25, 0.3) is 0 Å². The number of halogens is 1. The van der Waals surface area contributed by atoms with E-state index >= 15 is 0 Å². The van der Waals surface area contributed by atoms with Crippen molar-refractivity contribution in [1.82, 2.24) is 15.1 Å². The van der Waals surface area contributed by atoms with Crippen molar-refractivity contribution in [3.8, 4) is 0 Å². The summed E-state index contributed by atoms with van der Waals surface area (Å²) in [7, 11) is 1.94. The lowest BCUT2D eigenvalue weighted by Crippen LogP contribution is -2.29. The summed E-state index contributed by atoms with van der Waals surface area (Å²) in [6, 6.07) is 7.13. The Hall–Kier alpha value is -1.68. The second kappa shape index (κ2) is 7.20. The van der Waals surface area contributed by atoms with Gasteiger partial charge in [0.15, 0.2) is 0 Å². The Morgan fingerprint density at radius 2 is 2.00 bits per heavy atom. The van der Waals surface area contributed by atoms with Crippen molar-refractivity contribution in [3.05, 3.63) is 53.6 Å². The molecular formula is C16H22FN3. The first-order chi connectivity index (χ1) is 9.63. The van der Waals surface area contributed by atoms with Crippen molar-refractivity contribution in [1.29, 1.82) is 0 Å². The van der Waals surface area contributed by atoms with Gasteiger partial charge in [-0.3, -0.25) is 4.68 Å². The van der Waals surface area contributed by atoms with E-state index < -0.39 is 0 Å². The largest absolute Gasteiger partial charge is 0.314 e. The topological polar surface area (TPSA) is 29.9 Å². The minimum absolute atomic E-state index is 0.175. The first kappa shape index (κ1) is 14.7. The summed E-state index contributed by atoms with van der Waals surface area (Å²) in [5.41, 5.74) is 2.44. The Kier molecular flexibility index (Phi) is 5.30. The number of aromatic nitrogens is 2. The molecule has 108 valence electrons. The van der Waals surface area contributed by atoms with Gasteiger partial charge < -0.3 is 5.32 Å². The molecule has 0 radical (unpaired) electrons. The van der Waals surface area contributed by atoms with Gasteiger partial charge in [-0.05, 0) is 56.0 Å². The van der Waals surface area contributed by atoms with E-state index in [0.29, 0.717) is 6.04 Å². The molecular weight excluding hydrogens is 253 g/mol. The van der Waals surface area contributed by atoms with E-state index in [2.05, 4.69) is 23.5 Å². The van der Waals surface area contributed by atoms with Gasteiger partial charge in [-0.1, -0.05) is 12.1 Å². The van der Waals surface area contributed by atoms with Crippen LogP contribution < -0.4 is 5.32 Å². The maximum Gasteiger partial charge on any atom is 0.123 e. The molecule has 3 nitrogen and oxygen atoms in total. The number of hydrogen-bond acceptors (Lipinski definition) is 2. The van der Waals surface area contributed by atoms with Crippen LogP contribution in [-0.2, 0) is 19.9 Å². The molecule has 1 atom stereocenters. The van der Waals surface area contributed by atoms with Gasteiger partial charge in [0, 0.05) is 19.3 Å². The van der Waals surface area contributed by atoms with Crippen LogP contribution in [0.2, 0.25) is 0 Å². The summed E-state index contributed by atoms with van der Waals surface area (Å²) in [6.45, 7) is 3.14. The van der Waals surface area contributed by atoms with Crippen molar-refractivity contribution in [2.24, 2.45) is 7.05 Å². The fraction of sp³-hybridized carbons (Fsp3) is 0.438. The van der Waals surface area contributed by atoms with Crippen LogP contribution in [0.5, 0.6) is 0 Å². The van der Waals surface area contributed by atoms with Crippen LogP contribution in [0.4, 0.5) is 4.39 Å². The lowest BCUT2D eigenvalue weighted by atomic mass is 10.1. The summed E-state index contributed by atoms with van der Waals surface area (Å²) >= 11 is 0. The normalized spacial score (nSPS) is 12.6. The molecule has 0 aliphatic heterocycles. The van der Waals surface area contributed by atoms with Crippen molar-refractivity contribution < 1.29 is 4.39 Å². The highest BCUT2D eigenvalue weighted by Gasteiger charge is 2.03. The molecule has 0 fully saturated rings. The Balaban J connectivity index is 1.65. The lowest BCUT2D eigenvalue weighted by Gasteiger charge is -2.13. The molecule has 1 aromatic carbocycles. The van der Waals surface area contributed by atoms with E-state index in [-0.39, 0.29) is 5.82 Å². The zero-order chi connectivity index (χ0) is 14.4. The number of hydrogen-bond donors (Lipinski definition) is 1. The summed E-state index contributed by atoms with van der Waals surface area (Å²) in [4.78, 5) is 0. The maximum absolute atomic E-state index is 12.8. The van der Waals surface area contributed by atoms with Gasteiger partial charge in [0.05, 0.1) is 6.20 Å². The van der Waals surface area contributed by atoms with Crippen molar-refractivity contribution in [2.75, 3.05) is 6.54 Å². The lowest BCUT2D eigenvalue weighted by molar-refractivity contribution is 0.533. The van der Waals surface area contributed by atoms with E-state index in [4.69, 9.17) is 0 Å². The second-order valence-electron chi connectivity index (χ2n) is 5.31. The molecule has 1 aromatic heterocycles. The van der Waals surface area contributed by atoms with Crippen molar-refractivity contribution >= 4 is 0 Å². The van der Waals surface area contributed by atoms with Crippen LogP contribution in [-0.4, -0.2) is 22.4 Å². The van der Waals surface area contributed by atoms with Crippen LogP contribution in [0, 0.1) is 5.82 Å². The van der Waals surface area contributed by atoms with Crippen molar-refractivity contribution in [3.63, 3.8) is 0 Å². The highest BCUT2D eigenvalue weighted by atomic mass is 19.1. The van der Waals surface area contributed by atoms with Crippen LogP contribution in [0.15, 0.2) is 36.7 Å². The summed E-state index contributed by atoms with van der Waals surface area (Å²) < 4.78 is 14.6. The third kappa shape index (κ3) is 4.78. The van der Waals surface area contributed by atoms with Gasteiger partial charge in [0.1, 0.15) is 5.82 Å². The fourth-order valence-corrected chi connectivity index (χ4v) is 2.29. The number of benzene rings is 1. The first-order valence-electron chi connectivity index (χ1n) is 7.09. The smallest absolute Gasteiger partial charge is 0.123 e. The molecule has 0 unspecified atom stereocenters. The Morgan fingerprint density at radius 3 is 2.65 bits per heavy atom. The molecule has 1 heterocycles. The molecule has 0 saturated heterocycles. The van der Waals surface area contributed by atoms with Gasteiger partial charge in [-0.25, -0.2) is 4.39 Å². The number of rotatable bonds is 7. The Labute approximate surface area is 119 Å². The molecule has 0 aliphatic rings. The third-order valence-electron chi connectivity index (χ3n) is 3.35. The summed E-state index contributed by atoms with van der Waals surface area (Å²) in [6.07, 6.45) is 7.04. The van der Waals surface area contributed by atoms with E-state index in [1.807, 2.05) is 30.1 Å². The maximum atomic E-state index is 12.8. The quantitative estimate of drug-likeness (QED) is 0.787. The van der Waals surface area contributed by atoms with E-state index in [0.717, 1.165) is 25.8 Å². The molecule has 0 bridgehead atoms. The van der Waals surface area contributed by atoms with Gasteiger partial charge >= 0.3 is 0 Å². The average molecular weight is 275 g/mol. The molecule has 20 heavy (non-hydrogen) atoms. The molecule has 0 saturated carbocycles. The standard InChI is InChI=1S/C16H22FN3/c1-13(10-14-5-7-16(17)8-6-14)18-9-3-4-15-11-19-20(2)12-15/h5-8,11-13,18H,3-4,9-10H2,1-2H3/t13-/m1/s1. The highest BCUT2D eigenvalue weighted by Crippen LogP contribution is 2.06. The Morgan fingerprint density at radius 1 is 1.25 bits per heavy atom. The monoisotopic (exact) mass is 275 g/mol. The molecule has 1 N–H and O–H groups in total. The highest BCUT2D eigenvalue weighted by molar-refractivity contribution is 5.17. The number of nitrogens with one attached hydrogen (secondary N) is 1. The molecule has 0 aliphatic carbocycles. The van der Waals surface area contributed by atoms with E-state index in [9.17, 15) is 4.39 Å². The Bertz CT molecular complexity index is 519. The zero-order valence-corrected chi connectivity index (χ0v) is 12.1. The minimum Gasteiger partial charge on any atom is -0.314 e. The molecule has 2 rings (SSSR count). The molecule has 0 spiro atoms. The van der Waals surface area contributed by atoms with Gasteiger partial charge in [0.2, 0.25) is 0 Å². The molecule has 2 aromatic rings. The third-order valence-corrected chi connectivity index (χ3v) is 3.35. The summed E-state index contributed by atoms with van der Waals surface area (Å²) in [5, 5.41) is 7.66. The minimum atomic E-state index is -0.175. The summed E-state index contributed by atoms with van der Waals surface area (Å²) in [5.74, 6) is -0.175. The molecule has 0 amide bonds. The number of aryl methyl sites for hydroxylation is 2. The van der Waals surface area contributed by atoms with Gasteiger partial charge in [-0.15, -0.1) is 0 Å². The van der Waals surface area contributed by atoms with Gasteiger partial charge in [0.25, 0.3) is 0 Å². The predicted octanol–water partition coefficient (Wildman–Crippen LogP) is 2.71. The van der Waals surface area contributed by atoms with Crippen LogP contribution in [0.1, 0.15) is 24.5 Å². The second-order valence-corrected chi connectivity index (χ2v) is 5.31. The van der Waals surface area contributed by atoms with Crippen LogP contribution >= 0.6 is 0 Å². The van der Waals surface area contributed by atoms with Crippen LogP contribution in [0.3, 0.4) is 0 Å². The van der Waals surface area contributed by atoms with Gasteiger partial charge in [-0.2, -0.15) is 5.10 Å². The SMILES string of the molecule is C[C@H](Cc1ccc(F)cc1)NCCCc1cnn(C)c1.